The smallest absolute Gasteiger partial charge is 0.123 e. The molecule has 0 unspecified atom stereocenters. The van der Waals surface area contributed by atoms with Crippen molar-refractivity contribution in [1.82, 2.24) is 0 Å². The van der Waals surface area contributed by atoms with E-state index in [2.05, 4.69) is 29.1 Å². The van der Waals surface area contributed by atoms with Crippen molar-refractivity contribution < 1.29 is 24.4 Å². The van der Waals surface area contributed by atoms with Crippen LogP contribution in [0.1, 0.15) is 67.6 Å². The largest absolute Gasteiger partial charge is 0.508 e. The van der Waals surface area contributed by atoms with Crippen molar-refractivity contribution in [3.63, 3.8) is 0 Å². The molecule has 8 heteroatoms. The highest BCUT2D eigenvalue weighted by molar-refractivity contribution is 5.51. The zero-order chi connectivity index (χ0) is 26.5. The van der Waals surface area contributed by atoms with Gasteiger partial charge in [0.05, 0.1) is 26.4 Å². The molecule has 3 aliphatic rings. The molecule has 204 valence electrons. The quantitative estimate of drug-likeness (QED) is 0.152. The molecule has 0 amide bonds. The van der Waals surface area contributed by atoms with E-state index in [1.54, 1.807) is 0 Å². The topological polar surface area (TPSA) is 117 Å². The van der Waals surface area contributed by atoms with Crippen molar-refractivity contribution in [2.24, 2.45) is 22.4 Å². The van der Waals surface area contributed by atoms with Crippen molar-refractivity contribution in [3.05, 3.63) is 63.5 Å². The highest BCUT2D eigenvalue weighted by Gasteiger charge is 2.54. The molecule has 2 aromatic carbocycles. The highest BCUT2D eigenvalue weighted by atomic mass is 16.5. The van der Waals surface area contributed by atoms with Gasteiger partial charge in [-0.2, -0.15) is 0 Å². The van der Waals surface area contributed by atoms with Gasteiger partial charge in [-0.25, -0.2) is 0 Å². The van der Waals surface area contributed by atoms with Gasteiger partial charge in [0.2, 0.25) is 0 Å². The third-order valence-corrected chi connectivity index (χ3v) is 9.14. The Balaban J connectivity index is 1.24. The third-order valence-electron chi connectivity index (χ3n) is 9.14. The molecule has 2 fully saturated rings. The monoisotopic (exact) mass is 521 g/mol. The van der Waals surface area contributed by atoms with E-state index in [1.165, 1.54) is 30.9 Å². The molecule has 0 heterocycles. The van der Waals surface area contributed by atoms with Crippen molar-refractivity contribution in [2.75, 3.05) is 39.6 Å². The number of phenols is 2. The second-order valence-corrected chi connectivity index (χ2v) is 11.3. The number of nitrogens with zero attached hydrogens (tertiary/aromatic N) is 3. The average molecular weight is 522 g/mol. The van der Waals surface area contributed by atoms with Crippen LogP contribution >= 0.6 is 0 Å². The molecule has 2 aromatic rings. The van der Waals surface area contributed by atoms with Crippen molar-refractivity contribution in [3.8, 4) is 17.2 Å². The van der Waals surface area contributed by atoms with Gasteiger partial charge in [-0.1, -0.05) is 30.6 Å². The Morgan fingerprint density at radius 1 is 1.03 bits per heavy atom. The van der Waals surface area contributed by atoms with Crippen molar-refractivity contribution in [2.45, 2.75) is 57.3 Å². The maximum absolute atomic E-state index is 11.0. The van der Waals surface area contributed by atoms with E-state index >= 15 is 0 Å². The van der Waals surface area contributed by atoms with E-state index in [-0.39, 0.29) is 17.4 Å². The summed E-state index contributed by atoms with van der Waals surface area (Å²) in [5.74, 6) is 3.07. The second-order valence-electron chi connectivity index (χ2n) is 11.3. The van der Waals surface area contributed by atoms with Crippen LogP contribution < -0.4 is 4.74 Å². The predicted molar refractivity (Wildman–Crippen MR) is 145 cm³/mol. The minimum atomic E-state index is 0.154. The Morgan fingerprint density at radius 3 is 2.58 bits per heavy atom. The fourth-order valence-electron chi connectivity index (χ4n) is 7.64. The number of aromatic hydroxyl groups is 2. The number of phenolic OH excluding ortho intramolecular Hbond substituents is 2. The summed E-state index contributed by atoms with van der Waals surface area (Å²) in [4.78, 5) is 2.68. The van der Waals surface area contributed by atoms with Crippen molar-refractivity contribution in [1.29, 1.82) is 0 Å². The Morgan fingerprint density at radius 2 is 1.79 bits per heavy atom. The van der Waals surface area contributed by atoms with Crippen LogP contribution in [0.3, 0.4) is 0 Å². The standard InChI is InChI=1S/C30H39N3O5/c1-30-10-2-3-26(30)24-9-6-21-17-22(34)18-27(35)28(21)29(24)25(19-30)20-4-7-23(8-5-20)38-16-15-37-14-13-36-12-11-32-33-31/h4-5,7-8,17-18,24-26,29,34-35H,2-3,6,9-16,19H2,1H3/t24-,25-,26+,29-,30+/m1/s1. The van der Waals surface area contributed by atoms with Gasteiger partial charge in [0.15, 0.2) is 0 Å². The zero-order valence-corrected chi connectivity index (χ0v) is 22.2. The molecule has 0 spiro atoms. The number of ether oxygens (including phenoxy) is 3. The summed E-state index contributed by atoms with van der Waals surface area (Å²) < 4.78 is 16.8. The number of hydrogen-bond donors (Lipinski definition) is 2. The second kappa shape index (κ2) is 11.9. The molecule has 38 heavy (non-hydrogen) atoms. The maximum atomic E-state index is 11.0. The van der Waals surface area contributed by atoms with Crippen LogP contribution in [-0.4, -0.2) is 49.8 Å². The Bertz CT molecular complexity index is 1150. The maximum Gasteiger partial charge on any atom is 0.123 e. The molecule has 8 nitrogen and oxygen atoms in total. The fourth-order valence-corrected chi connectivity index (χ4v) is 7.64. The molecule has 5 rings (SSSR count). The average Bonchev–Trinajstić information content (AvgIpc) is 3.30. The molecule has 0 aliphatic heterocycles. The minimum absolute atomic E-state index is 0.154. The Hall–Kier alpha value is -2.93. The molecule has 2 N–H and O–H groups in total. The molecule has 2 saturated carbocycles. The molecule has 0 bridgehead atoms. The first kappa shape index (κ1) is 26.7. The van der Waals surface area contributed by atoms with Crippen LogP contribution in [0, 0.1) is 17.3 Å². The Kier molecular flexibility index (Phi) is 8.32. The lowest BCUT2D eigenvalue weighted by molar-refractivity contribution is 0.0387. The van der Waals surface area contributed by atoms with Crippen LogP contribution in [0.5, 0.6) is 17.2 Å². The SMILES string of the molecule is C[C@@]12CCC[C@H]1[C@H]1CCc3cc(O)cc(O)c3[C@H]1[C@@H](c1ccc(OCCOCCOCCN=[N+]=[N-])cc1)C2. The minimum Gasteiger partial charge on any atom is -0.508 e. The molecular formula is C30H39N3O5. The van der Waals surface area contributed by atoms with Gasteiger partial charge >= 0.3 is 0 Å². The van der Waals surface area contributed by atoms with Gasteiger partial charge in [-0.15, -0.1) is 0 Å². The number of azide groups is 1. The van der Waals surface area contributed by atoms with E-state index in [1.807, 2.05) is 18.2 Å². The van der Waals surface area contributed by atoms with Gasteiger partial charge in [0.1, 0.15) is 23.9 Å². The zero-order valence-electron chi connectivity index (χ0n) is 22.2. The van der Waals surface area contributed by atoms with Crippen LogP contribution in [0.25, 0.3) is 10.4 Å². The molecule has 3 aliphatic carbocycles. The number of rotatable bonds is 11. The first-order valence-corrected chi connectivity index (χ1v) is 13.9. The fraction of sp³-hybridized carbons (Fsp3) is 0.600. The molecule has 0 radical (unpaired) electrons. The summed E-state index contributed by atoms with van der Waals surface area (Å²) in [5, 5.41) is 24.6. The lowest BCUT2D eigenvalue weighted by Crippen LogP contribution is -2.43. The van der Waals surface area contributed by atoms with E-state index in [0.29, 0.717) is 62.7 Å². The first-order chi connectivity index (χ1) is 18.5. The number of hydrogen-bond acceptors (Lipinski definition) is 6. The normalized spacial score (nSPS) is 27.6. The Labute approximate surface area is 224 Å². The van der Waals surface area contributed by atoms with E-state index in [4.69, 9.17) is 19.7 Å². The molecule has 0 aromatic heterocycles. The van der Waals surface area contributed by atoms with Crippen LogP contribution in [0.2, 0.25) is 0 Å². The number of benzene rings is 2. The van der Waals surface area contributed by atoms with Gasteiger partial charge in [-0.3, -0.25) is 0 Å². The van der Waals surface area contributed by atoms with Gasteiger partial charge in [0.25, 0.3) is 0 Å². The summed E-state index contributed by atoms with van der Waals surface area (Å²) in [6.45, 7) is 5.06. The summed E-state index contributed by atoms with van der Waals surface area (Å²) in [5.41, 5.74) is 12.0. The lowest BCUT2D eigenvalue weighted by atomic mass is 9.51. The molecular weight excluding hydrogens is 482 g/mol. The summed E-state index contributed by atoms with van der Waals surface area (Å²) in [7, 11) is 0. The van der Waals surface area contributed by atoms with Gasteiger partial charge < -0.3 is 24.4 Å². The number of aryl methyl sites for hydroxylation is 1. The van der Waals surface area contributed by atoms with Gasteiger partial charge in [0, 0.05) is 23.1 Å². The summed E-state index contributed by atoms with van der Waals surface area (Å²) >= 11 is 0. The van der Waals surface area contributed by atoms with Crippen LogP contribution in [-0.2, 0) is 15.9 Å². The summed E-state index contributed by atoms with van der Waals surface area (Å²) in [6, 6.07) is 11.9. The number of fused-ring (bicyclic) bond motifs is 5. The van der Waals surface area contributed by atoms with Crippen molar-refractivity contribution >= 4 is 0 Å². The first-order valence-electron chi connectivity index (χ1n) is 13.9. The third kappa shape index (κ3) is 5.58. The summed E-state index contributed by atoms with van der Waals surface area (Å²) in [6.07, 6.45) is 7.03. The lowest BCUT2D eigenvalue weighted by Gasteiger charge is -2.53. The molecule has 0 saturated heterocycles. The van der Waals surface area contributed by atoms with E-state index < -0.39 is 0 Å². The van der Waals surface area contributed by atoms with E-state index in [9.17, 15) is 10.2 Å². The van der Waals surface area contributed by atoms with E-state index in [0.717, 1.165) is 36.1 Å². The van der Waals surface area contributed by atoms with Crippen LogP contribution in [0.15, 0.2) is 41.5 Å². The molecule has 5 atom stereocenters. The highest BCUT2D eigenvalue weighted by Crippen LogP contribution is 2.66. The predicted octanol–water partition coefficient (Wildman–Crippen LogP) is 6.46. The van der Waals surface area contributed by atoms with Crippen LogP contribution in [0.4, 0.5) is 0 Å². The van der Waals surface area contributed by atoms with Gasteiger partial charge in [-0.05, 0) is 96.0 Å².